The number of nitrogens with zero attached hydrogens (tertiary/aromatic N) is 3. The number of hydrogen-bond acceptors (Lipinski definition) is 6. The summed E-state index contributed by atoms with van der Waals surface area (Å²) in [4.78, 5) is 24.4. The van der Waals surface area contributed by atoms with Gasteiger partial charge in [-0.1, -0.05) is 53.2 Å². The standard InChI is InChI=1S/C23H24Cl2N4O2S/c1-14-11-29(12-15(2)31-14)22-23(28-20-6-4-3-5-19(20)27-22)32-13-21(30)26-10-16-7-8-17(24)9-18(16)25/h3-9,14-15H,10-13H2,1-2H3,(H,26,30)/t14-,15+. The third-order valence-electron chi connectivity index (χ3n) is 5.07. The average molecular weight is 491 g/mol. The summed E-state index contributed by atoms with van der Waals surface area (Å²) in [6.45, 7) is 5.90. The molecule has 168 valence electrons. The van der Waals surface area contributed by atoms with Crippen LogP contribution in [0, 0.1) is 0 Å². The van der Waals surface area contributed by atoms with Gasteiger partial charge >= 0.3 is 0 Å². The van der Waals surface area contributed by atoms with Crippen LogP contribution in [0.3, 0.4) is 0 Å². The number of rotatable bonds is 6. The molecule has 1 saturated heterocycles. The van der Waals surface area contributed by atoms with Crippen LogP contribution in [0.2, 0.25) is 10.0 Å². The van der Waals surface area contributed by atoms with Crippen LogP contribution in [0.15, 0.2) is 47.5 Å². The van der Waals surface area contributed by atoms with Crippen molar-refractivity contribution in [1.29, 1.82) is 0 Å². The van der Waals surface area contributed by atoms with Crippen molar-refractivity contribution >= 4 is 57.7 Å². The molecule has 6 nitrogen and oxygen atoms in total. The van der Waals surface area contributed by atoms with Gasteiger partial charge in [-0.25, -0.2) is 9.97 Å². The molecule has 2 aromatic carbocycles. The number of aromatic nitrogens is 2. The minimum atomic E-state index is -0.106. The van der Waals surface area contributed by atoms with Gasteiger partial charge in [0.1, 0.15) is 5.03 Å². The molecule has 3 aromatic rings. The van der Waals surface area contributed by atoms with Gasteiger partial charge in [0.05, 0.1) is 29.0 Å². The molecule has 0 unspecified atom stereocenters. The Hall–Kier alpha value is -2.06. The monoisotopic (exact) mass is 490 g/mol. The molecule has 1 aliphatic rings. The summed E-state index contributed by atoms with van der Waals surface area (Å²) in [5.41, 5.74) is 2.46. The number of nitrogens with one attached hydrogen (secondary N) is 1. The fraction of sp³-hybridized carbons (Fsp3) is 0.348. The van der Waals surface area contributed by atoms with Crippen molar-refractivity contribution in [2.45, 2.75) is 37.6 Å². The smallest absolute Gasteiger partial charge is 0.230 e. The maximum atomic E-state index is 12.5. The van der Waals surface area contributed by atoms with E-state index in [0.29, 0.717) is 16.6 Å². The molecule has 1 N–H and O–H groups in total. The molecule has 0 saturated carbocycles. The highest BCUT2D eigenvalue weighted by Gasteiger charge is 2.26. The van der Waals surface area contributed by atoms with E-state index >= 15 is 0 Å². The number of anilines is 1. The highest BCUT2D eigenvalue weighted by atomic mass is 35.5. The van der Waals surface area contributed by atoms with Crippen LogP contribution in [0.25, 0.3) is 11.0 Å². The second-order valence-corrected chi connectivity index (χ2v) is 9.61. The number of benzene rings is 2. The van der Waals surface area contributed by atoms with E-state index in [1.807, 2.05) is 30.3 Å². The normalized spacial score (nSPS) is 18.7. The number of amides is 1. The number of hydrogen-bond donors (Lipinski definition) is 1. The average Bonchev–Trinajstić information content (AvgIpc) is 2.75. The van der Waals surface area contributed by atoms with Gasteiger partial charge in [-0.3, -0.25) is 4.79 Å². The summed E-state index contributed by atoms with van der Waals surface area (Å²) in [6.07, 6.45) is 0.189. The molecule has 1 aliphatic heterocycles. The Kier molecular flexibility index (Phi) is 7.40. The molecule has 1 aromatic heterocycles. The molecular weight excluding hydrogens is 467 g/mol. The van der Waals surface area contributed by atoms with Crippen LogP contribution in [-0.2, 0) is 16.1 Å². The molecule has 0 radical (unpaired) electrons. The number of halogens is 2. The topological polar surface area (TPSA) is 67.4 Å². The second kappa shape index (κ2) is 10.3. The summed E-state index contributed by atoms with van der Waals surface area (Å²) in [5, 5.41) is 4.75. The third-order valence-corrected chi connectivity index (χ3v) is 6.61. The molecule has 4 rings (SSSR count). The lowest BCUT2D eigenvalue weighted by atomic mass is 10.2. The fourth-order valence-electron chi connectivity index (χ4n) is 3.67. The van der Waals surface area contributed by atoms with Gasteiger partial charge < -0.3 is 15.0 Å². The minimum absolute atomic E-state index is 0.0947. The maximum Gasteiger partial charge on any atom is 0.230 e. The summed E-state index contributed by atoms with van der Waals surface area (Å²) >= 11 is 13.5. The molecule has 0 bridgehead atoms. The van der Waals surface area contributed by atoms with E-state index in [0.717, 1.165) is 40.5 Å². The van der Waals surface area contributed by atoms with Crippen LogP contribution >= 0.6 is 35.0 Å². The first-order chi connectivity index (χ1) is 15.4. The molecule has 0 spiro atoms. The van der Waals surface area contributed by atoms with Crippen LogP contribution in [0.4, 0.5) is 5.82 Å². The molecule has 1 fully saturated rings. The van der Waals surface area contributed by atoms with Crippen molar-refractivity contribution in [3.8, 4) is 0 Å². The van der Waals surface area contributed by atoms with Crippen molar-refractivity contribution in [2.75, 3.05) is 23.7 Å². The van der Waals surface area contributed by atoms with Crippen molar-refractivity contribution < 1.29 is 9.53 Å². The predicted molar refractivity (Wildman–Crippen MR) is 131 cm³/mol. The molecule has 2 atom stereocenters. The van der Waals surface area contributed by atoms with E-state index in [2.05, 4.69) is 24.1 Å². The second-order valence-electron chi connectivity index (χ2n) is 7.80. The van der Waals surface area contributed by atoms with Gasteiger partial charge in [-0.05, 0) is 43.7 Å². The lowest BCUT2D eigenvalue weighted by Gasteiger charge is -2.36. The summed E-state index contributed by atoms with van der Waals surface area (Å²) in [6, 6.07) is 13.0. The van der Waals surface area contributed by atoms with Gasteiger partial charge in [0.2, 0.25) is 5.91 Å². The Morgan fingerprint density at radius 1 is 1.12 bits per heavy atom. The first-order valence-corrected chi connectivity index (χ1v) is 12.1. The molecule has 1 amide bonds. The first-order valence-electron chi connectivity index (χ1n) is 10.4. The fourth-order valence-corrected chi connectivity index (χ4v) is 4.98. The van der Waals surface area contributed by atoms with Gasteiger partial charge in [0.25, 0.3) is 0 Å². The van der Waals surface area contributed by atoms with Crippen molar-refractivity contribution in [3.05, 3.63) is 58.1 Å². The molecule has 2 heterocycles. The maximum absolute atomic E-state index is 12.5. The number of morpholine rings is 1. The highest BCUT2D eigenvalue weighted by Crippen LogP contribution is 2.31. The quantitative estimate of drug-likeness (QED) is 0.492. The van der Waals surface area contributed by atoms with E-state index in [1.165, 1.54) is 11.8 Å². The largest absolute Gasteiger partial charge is 0.372 e. The first kappa shape index (κ1) is 23.1. The number of fused-ring (bicyclic) bond motifs is 1. The SMILES string of the molecule is C[C@@H]1CN(c2nc3ccccc3nc2SCC(=O)NCc2ccc(Cl)cc2Cl)C[C@H](C)O1. The van der Waals surface area contributed by atoms with Crippen LogP contribution < -0.4 is 10.2 Å². The number of ether oxygens (including phenoxy) is 1. The minimum Gasteiger partial charge on any atom is -0.372 e. The Labute approximate surface area is 201 Å². The van der Waals surface area contributed by atoms with E-state index in [9.17, 15) is 4.79 Å². The van der Waals surface area contributed by atoms with Crippen molar-refractivity contribution in [2.24, 2.45) is 0 Å². The number of para-hydroxylation sites is 2. The van der Waals surface area contributed by atoms with Crippen molar-refractivity contribution in [1.82, 2.24) is 15.3 Å². The van der Waals surface area contributed by atoms with Crippen LogP contribution in [0.1, 0.15) is 19.4 Å². The van der Waals surface area contributed by atoms with E-state index < -0.39 is 0 Å². The lowest BCUT2D eigenvalue weighted by Crippen LogP contribution is -2.46. The predicted octanol–water partition coefficient (Wildman–Crippen LogP) is 4.96. The van der Waals surface area contributed by atoms with Gasteiger partial charge in [0, 0.05) is 29.7 Å². The molecular formula is C23H24Cl2N4O2S. The zero-order chi connectivity index (χ0) is 22.7. The lowest BCUT2D eigenvalue weighted by molar-refractivity contribution is -0.118. The van der Waals surface area contributed by atoms with Gasteiger partial charge in [-0.2, -0.15) is 0 Å². The highest BCUT2D eigenvalue weighted by molar-refractivity contribution is 8.00. The molecule has 9 heteroatoms. The molecule has 32 heavy (non-hydrogen) atoms. The Bertz CT molecular complexity index is 1120. The van der Waals surface area contributed by atoms with Crippen molar-refractivity contribution in [3.63, 3.8) is 0 Å². The van der Waals surface area contributed by atoms with Crippen LogP contribution in [0.5, 0.6) is 0 Å². The van der Waals surface area contributed by atoms with E-state index in [4.69, 9.17) is 37.9 Å². The molecule has 0 aliphatic carbocycles. The summed E-state index contributed by atoms with van der Waals surface area (Å²) in [5.74, 6) is 0.913. The third kappa shape index (κ3) is 5.64. The van der Waals surface area contributed by atoms with Gasteiger partial charge in [0.15, 0.2) is 5.82 Å². The number of carbonyl (C=O) groups is 1. The zero-order valence-corrected chi connectivity index (χ0v) is 20.2. The van der Waals surface area contributed by atoms with Gasteiger partial charge in [-0.15, -0.1) is 0 Å². The zero-order valence-electron chi connectivity index (χ0n) is 17.8. The van der Waals surface area contributed by atoms with Crippen LogP contribution in [-0.4, -0.2) is 46.9 Å². The van der Waals surface area contributed by atoms with E-state index in [-0.39, 0.29) is 23.9 Å². The number of thioether (sulfide) groups is 1. The van der Waals surface area contributed by atoms with E-state index in [1.54, 1.807) is 12.1 Å². The Morgan fingerprint density at radius 3 is 2.50 bits per heavy atom. The summed E-state index contributed by atoms with van der Waals surface area (Å²) < 4.78 is 5.87. The Morgan fingerprint density at radius 2 is 1.81 bits per heavy atom. The Balaban J connectivity index is 1.49. The number of carbonyl (C=O) groups excluding carboxylic acids is 1. The summed E-state index contributed by atoms with van der Waals surface area (Å²) in [7, 11) is 0.